The standard InChI is InChI=1S/C15H16N2O3S/c1-9-6-10(2)17-15(16-9)21-8-12-7-11(14(18)19)4-5-13(12)20-3/h4-7H,8H2,1-3H3,(H,18,19). The van der Waals surface area contributed by atoms with Gasteiger partial charge in [0, 0.05) is 22.7 Å². The third kappa shape index (κ3) is 3.95. The van der Waals surface area contributed by atoms with Gasteiger partial charge in [0.05, 0.1) is 12.7 Å². The maximum atomic E-state index is 11.0. The van der Waals surface area contributed by atoms with E-state index in [4.69, 9.17) is 9.84 Å². The summed E-state index contributed by atoms with van der Waals surface area (Å²) >= 11 is 1.46. The van der Waals surface area contributed by atoms with Gasteiger partial charge in [0.2, 0.25) is 0 Å². The molecule has 0 fully saturated rings. The zero-order valence-corrected chi connectivity index (χ0v) is 12.9. The number of thioether (sulfide) groups is 1. The van der Waals surface area contributed by atoms with Crippen LogP contribution < -0.4 is 4.74 Å². The Labute approximate surface area is 127 Å². The smallest absolute Gasteiger partial charge is 0.335 e. The normalized spacial score (nSPS) is 10.4. The average Bonchev–Trinajstić information content (AvgIpc) is 2.43. The quantitative estimate of drug-likeness (QED) is 0.676. The zero-order valence-electron chi connectivity index (χ0n) is 12.1. The fraction of sp³-hybridized carbons (Fsp3) is 0.267. The fourth-order valence-electron chi connectivity index (χ4n) is 1.92. The number of methoxy groups -OCH3 is 1. The molecule has 0 radical (unpaired) electrons. The summed E-state index contributed by atoms with van der Waals surface area (Å²) in [6.07, 6.45) is 0. The molecule has 1 heterocycles. The van der Waals surface area contributed by atoms with E-state index in [-0.39, 0.29) is 5.56 Å². The highest BCUT2D eigenvalue weighted by Crippen LogP contribution is 2.27. The third-order valence-corrected chi connectivity index (χ3v) is 3.74. The van der Waals surface area contributed by atoms with E-state index in [1.807, 2.05) is 19.9 Å². The highest BCUT2D eigenvalue weighted by molar-refractivity contribution is 7.98. The van der Waals surface area contributed by atoms with Crippen LogP contribution in [0, 0.1) is 13.8 Å². The van der Waals surface area contributed by atoms with Crippen LogP contribution >= 0.6 is 11.8 Å². The maximum Gasteiger partial charge on any atom is 0.335 e. The van der Waals surface area contributed by atoms with Gasteiger partial charge in [-0.3, -0.25) is 0 Å². The molecule has 0 bridgehead atoms. The van der Waals surface area contributed by atoms with Crippen molar-refractivity contribution in [3.63, 3.8) is 0 Å². The minimum absolute atomic E-state index is 0.243. The van der Waals surface area contributed by atoms with Crippen molar-refractivity contribution in [1.82, 2.24) is 9.97 Å². The van der Waals surface area contributed by atoms with Crippen LogP contribution in [0.1, 0.15) is 27.3 Å². The van der Waals surface area contributed by atoms with Crippen LogP contribution in [0.5, 0.6) is 5.75 Å². The molecule has 21 heavy (non-hydrogen) atoms. The van der Waals surface area contributed by atoms with Crippen molar-refractivity contribution in [3.05, 3.63) is 46.8 Å². The van der Waals surface area contributed by atoms with E-state index in [0.29, 0.717) is 16.7 Å². The van der Waals surface area contributed by atoms with E-state index in [1.165, 1.54) is 17.8 Å². The van der Waals surface area contributed by atoms with E-state index in [9.17, 15) is 4.79 Å². The number of hydrogen-bond acceptors (Lipinski definition) is 5. The van der Waals surface area contributed by atoms with Crippen LogP contribution in [-0.4, -0.2) is 28.2 Å². The summed E-state index contributed by atoms with van der Waals surface area (Å²) in [6.45, 7) is 3.84. The summed E-state index contributed by atoms with van der Waals surface area (Å²) in [6, 6.07) is 6.73. The van der Waals surface area contributed by atoms with Gasteiger partial charge >= 0.3 is 5.97 Å². The van der Waals surface area contributed by atoms with E-state index >= 15 is 0 Å². The topological polar surface area (TPSA) is 72.3 Å². The molecule has 1 aromatic carbocycles. The number of hydrogen-bond donors (Lipinski definition) is 1. The lowest BCUT2D eigenvalue weighted by atomic mass is 10.1. The van der Waals surface area contributed by atoms with Crippen LogP contribution in [-0.2, 0) is 5.75 Å². The van der Waals surface area contributed by atoms with Crippen molar-refractivity contribution >= 4 is 17.7 Å². The monoisotopic (exact) mass is 304 g/mol. The second kappa shape index (κ2) is 6.58. The number of benzene rings is 1. The van der Waals surface area contributed by atoms with E-state index in [0.717, 1.165) is 17.0 Å². The molecule has 0 saturated heterocycles. The first-order chi connectivity index (χ1) is 9.99. The molecule has 0 unspecified atom stereocenters. The number of aromatic nitrogens is 2. The summed E-state index contributed by atoms with van der Waals surface area (Å²) in [5.41, 5.74) is 2.88. The molecule has 2 aromatic rings. The summed E-state index contributed by atoms with van der Waals surface area (Å²) in [5, 5.41) is 9.73. The second-order valence-electron chi connectivity index (χ2n) is 4.55. The number of carboxylic acids is 1. The molecule has 2 rings (SSSR count). The Hall–Kier alpha value is -2.08. The first kappa shape index (κ1) is 15.3. The lowest BCUT2D eigenvalue weighted by Crippen LogP contribution is -2.00. The van der Waals surface area contributed by atoms with Gasteiger partial charge in [-0.25, -0.2) is 14.8 Å². The Kier molecular flexibility index (Phi) is 4.80. The van der Waals surface area contributed by atoms with Gasteiger partial charge in [0.1, 0.15) is 5.75 Å². The van der Waals surface area contributed by atoms with Crippen molar-refractivity contribution in [3.8, 4) is 5.75 Å². The number of nitrogens with zero attached hydrogens (tertiary/aromatic N) is 2. The highest BCUT2D eigenvalue weighted by atomic mass is 32.2. The number of carboxylic acid groups (broad SMARTS) is 1. The van der Waals surface area contributed by atoms with Gasteiger partial charge in [-0.15, -0.1) is 0 Å². The highest BCUT2D eigenvalue weighted by Gasteiger charge is 2.10. The Bertz CT molecular complexity index is 654. The summed E-state index contributed by atoms with van der Waals surface area (Å²) in [7, 11) is 1.57. The van der Waals surface area contributed by atoms with Crippen LogP contribution in [0.2, 0.25) is 0 Å². The molecular weight excluding hydrogens is 288 g/mol. The van der Waals surface area contributed by atoms with Gasteiger partial charge in [-0.1, -0.05) is 11.8 Å². The largest absolute Gasteiger partial charge is 0.496 e. The minimum atomic E-state index is -0.952. The average molecular weight is 304 g/mol. The second-order valence-corrected chi connectivity index (χ2v) is 5.50. The number of carbonyl (C=O) groups is 1. The van der Waals surface area contributed by atoms with Gasteiger partial charge in [0.25, 0.3) is 0 Å². The summed E-state index contributed by atoms with van der Waals surface area (Å²) < 4.78 is 5.27. The molecule has 0 aliphatic carbocycles. The van der Waals surface area contributed by atoms with E-state index < -0.39 is 5.97 Å². The zero-order chi connectivity index (χ0) is 15.4. The summed E-state index contributed by atoms with van der Waals surface area (Å²) in [4.78, 5) is 19.8. The summed E-state index contributed by atoms with van der Waals surface area (Å²) in [5.74, 6) is 0.260. The SMILES string of the molecule is COc1ccc(C(=O)O)cc1CSc1nc(C)cc(C)n1. The Morgan fingerprint density at radius 2 is 1.90 bits per heavy atom. The number of aromatic carboxylic acids is 1. The minimum Gasteiger partial charge on any atom is -0.496 e. The molecule has 0 saturated carbocycles. The lowest BCUT2D eigenvalue weighted by molar-refractivity contribution is 0.0696. The van der Waals surface area contributed by atoms with Crippen molar-refractivity contribution in [2.45, 2.75) is 24.8 Å². The first-order valence-electron chi connectivity index (χ1n) is 6.35. The van der Waals surface area contributed by atoms with Crippen molar-refractivity contribution in [2.24, 2.45) is 0 Å². The molecule has 0 spiro atoms. The molecule has 0 aliphatic heterocycles. The Balaban J connectivity index is 2.21. The van der Waals surface area contributed by atoms with E-state index in [2.05, 4.69) is 9.97 Å². The predicted octanol–water partition coefficient (Wildman–Crippen LogP) is 3.09. The predicted molar refractivity (Wildman–Crippen MR) is 81.0 cm³/mol. The van der Waals surface area contributed by atoms with Gasteiger partial charge in [0.15, 0.2) is 5.16 Å². The first-order valence-corrected chi connectivity index (χ1v) is 7.33. The molecule has 6 heteroatoms. The molecule has 0 aliphatic rings. The fourth-order valence-corrected chi connectivity index (χ4v) is 2.85. The molecule has 110 valence electrons. The molecule has 0 atom stereocenters. The number of rotatable bonds is 5. The van der Waals surface area contributed by atoms with Gasteiger partial charge in [-0.2, -0.15) is 0 Å². The van der Waals surface area contributed by atoms with Crippen molar-refractivity contribution in [1.29, 1.82) is 0 Å². The maximum absolute atomic E-state index is 11.0. The van der Waals surface area contributed by atoms with Gasteiger partial charge in [-0.05, 0) is 38.1 Å². The molecule has 5 nitrogen and oxygen atoms in total. The van der Waals surface area contributed by atoms with Gasteiger partial charge < -0.3 is 9.84 Å². The van der Waals surface area contributed by atoms with Crippen molar-refractivity contribution in [2.75, 3.05) is 7.11 Å². The Morgan fingerprint density at radius 1 is 1.24 bits per heavy atom. The number of aryl methyl sites for hydroxylation is 2. The number of ether oxygens (including phenoxy) is 1. The van der Waals surface area contributed by atoms with Crippen LogP contribution in [0.15, 0.2) is 29.4 Å². The van der Waals surface area contributed by atoms with Crippen LogP contribution in [0.3, 0.4) is 0 Å². The van der Waals surface area contributed by atoms with Crippen LogP contribution in [0.25, 0.3) is 0 Å². The Morgan fingerprint density at radius 3 is 2.48 bits per heavy atom. The van der Waals surface area contributed by atoms with E-state index in [1.54, 1.807) is 19.2 Å². The molecule has 1 aromatic heterocycles. The van der Waals surface area contributed by atoms with Crippen molar-refractivity contribution < 1.29 is 14.6 Å². The molecule has 0 amide bonds. The lowest BCUT2D eigenvalue weighted by Gasteiger charge is -2.09. The third-order valence-electron chi connectivity index (χ3n) is 2.85. The molecule has 1 N–H and O–H groups in total. The van der Waals surface area contributed by atoms with Crippen LogP contribution in [0.4, 0.5) is 0 Å². The molecular formula is C15H16N2O3S.